The monoisotopic (exact) mass is 360 g/mol. The first-order valence-corrected chi connectivity index (χ1v) is 8.19. The van der Waals surface area contributed by atoms with Gasteiger partial charge in [-0.25, -0.2) is 9.67 Å². The third-order valence-electron chi connectivity index (χ3n) is 4.17. The second-order valence-corrected chi connectivity index (χ2v) is 5.93. The molecule has 0 unspecified atom stereocenters. The lowest BCUT2D eigenvalue weighted by molar-refractivity contribution is -0.384. The van der Waals surface area contributed by atoms with Gasteiger partial charge in [-0.2, -0.15) is 5.10 Å². The predicted molar refractivity (Wildman–Crippen MR) is 98.0 cm³/mol. The summed E-state index contributed by atoms with van der Waals surface area (Å²) >= 11 is 0. The van der Waals surface area contributed by atoms with Crippen LogP contribution in [0.25, 0.3) is 22.2 Å². The molecule has 0 saturated carbocycles. The van der Waals surface area contributed by atoms with E-state index in [1.54, 1.807) is 42.9 Å². The van der Waals surface area contributed by atoms with Crippen LogP contribution in [0.3, 0.4) is 0 Å². The number of H-pyrrole nitrogens is 1. The lowest BCUT2D eigenvalue weighted by Crippen LogP contribution is -2.25. The first kappa shape index (κ1) is 16.5. The Morgan fingerprint density at radius 1 is 1.11 bits per heavy atom. The van der Waals surface area contributed by atoms with Crippen LogP contribution in [0.1, 0.15) is 5.56 Å². The molecule has 0 aliphatic heterocycles. The summed E-state index contributed by atoms with van der Waals surface area (Å²) in [6, 6.07) is 13.2. The fourth-order valence-electron chi connectivity index (χ4n) is 2.89. The summed E-state index contributed by atoms with van der Waals surface area (Å²) in [6.45, 7) is 0.278. The third kappa shape index (κ3) is 3.15. The minimum atomic E-state index is -0.463. The van der Waals surface area contributed by atoms with Crippen molar-refractivity contribution in [3.63, 3.8) is 0 Å². The molecule has 4 rings (SSSR count). The van der Waals surface area contributed by atoms with Gasteiger partial charge < -0.3 is 0 Å². The van der Waals surface area contributed by atoms with Crippen LogP contribution in [0.2, 0.25) is 0 Å². The number of nitrogens with zero attached hydrogens (tertiary/aromatic N) is 4. The maximum atomic E-state index is 12.8. The molecule has 0 amide bonds. The number of aromatic nitrogens is 4. The molecule has 0 atom stereocenters. The molecule has 0 fully saturated rings. The summed E-state index contributed by atoms with van der Waals surface area (Å²) in [5.41, 5.74) is 1.96. The van der Waals surface area contributed by atoms with Crippen LogP contribution in [0, 0.1) is 10.1 Å². The van der Waals surface area contributed by atoms with Crippen molar-refractivity contribution in [2.24, 2.45) is 0 Å². The van der Waals surface area contributed by atoms with Gasteiger partial charge in [0.2, 0.25) is 0 Å². The van der Waals surface area contributed by atoms with Crippen LogP contribution in [0.5, 0.6) is 0 Å². The highest BCUT2D eigenvalue weighted by molar-refractivity contribution is 5.90. The molecule has 4 aromatic rings. The van der Waals surface area contributed by atoms with Crippen LogP contribution in [0.4, 0.5) is 5.69 Å². The van der Waals surface area contributed by atoms with E-state index >= 15 is 0 Å². The first-order chi connectivity index (χ1) is 13.1. The summed E-state index contributed by atoms with van der Waals surface area (Å²) < 4.78 is 1.35. The van der Waals surface area contributed by atoms with E-state index < -0.39 is 4.92 Å². The molecule has 3 heterocycles. The highest BCUT2D eigenvalue weighted by Gasteiger charge is 2.16. The zero-order valence-electron chi connectivity index (χ0n) is 14.1. The van der Waals surface area contributed by atoms with Crippen molar-refractivity contribution in [3.8, 4) is 11.3 Å². The summed E-state index contributed by atoms with van der Waals surface area (Å²) in [7, 11) is 0. The molecule has 3 aromatic heterocycles. The van der Waals surface area contributed by atoms with Crippen LogP contribution in [0.15, 0.2) is 71.9 Å². The molecule has 0 bridgehead atoms. The van der Waals surface area contributed by atoms with Crippen molar-refractivity contribution in [2.45, 2.75) is 6.54 Å². The van der Waals surface area contributed by atoms with Crippen LogP contribution >= 0.6 is 0 Å². The Kier molecular flexibility index (Phi) is 4.13. The molecule has 8 nitrogen and oxygen atoms in total. The van der Waals surface area contributed by atoms with Crippen molar-refractivity contribution >= 4 is 16.6 Å². The number of hydrogen-bond donors (Lipinski definition) is 0. The van der Waals surface area contributed by atoms with E-state index in [9.17, 15) is 14.9 Å². The maximum absolute atomic E-state index is 12.8. The Morgan fingerprint density at radius 3 is 2.70 bits per heavy atom. The topological polar surface area (TPSA) is 105 Å². The minimum absolute atomic E-state index is 0.0465. The van der Waals surface area contributed by atoms with Crippen LogP contribution in [-0.4, -0.2) is 19.7 Å². The Labute approximate surface area is 152 Å². The minimum Gasteiger partial charge on any atom is -0.267 e. The number of nitrogens with one attached hydrogen (secondary N) is 1. The van der Waals surface area contributed by atoms with Gasteiger partial charge in [-0.05, 0) is 17.7 Å². The van der Waals surface area contributed by atoms with Crippen LogP contribution in [-0.2, 0) is 6.54 Å². The van der Waals surface area contributed by atoms with Crippen molar-refractivity contribution in [1.82, 2.24) is 14.8 Å². The Hall–Kier alpha value is -3.94. The zero-order valence-corrected chi connectivity index (χ0v) is 14.1. The van der Waals surface area contributed by atoms with E-state index in [-0.39, 0.29) is 17.8 Å². The van der Waals surface area contributed by atoms with Gasteiger partial charge in [0.1, 0.15) is 11.2 Å². The molecule has 8 heteroatoms. The number of nitro groups is 1. The van der Waals surface area contributed by atoms with Crippen molar-refractivity contribution in [1.29, 1.82) is 0 Å². The SMILES string of the molecule is O=c1c2cccnc2c(-c2cccc([N+](=O)[O-])c2)nn1Cc1cc[nH+]cc1. The molecule has 0 radical (unpaired) electrons. The van der Waals surface area contributed by atoms with E-state index in [1.165, 1.54) is 16.8 Å². The summed E-state index contributed by atoms with van der Waals surface area (Å²) in [6.07, 6.45) is 5.11. The standard InChI is InChI=1S/C19H13N5O3/c25-19-16-5-2-8-21-18(16)17(14-3-1-4-15(11-14)24(26)27)22-23(19)12-13-6-9-20-10-7-13/h1-11H,12H2/p+1. The van der Waals surface area contributed by atoms with Gasteiger partial charge in [0.05, 0.1) is 16.9 Å². The Bertz CT molecular complexity index is 1200. The predicted octanol–water partition coefficient (Wildman–Crippen LogP) is 2.23. The van der Waals surface area contributed by atoms with Gasteiger partial charge in [-0.15, -0.1) is 0 Å². The van der Waals surface area contributed by atoms with E-state index in [4.69, 9.17) is 0 Å². The molecule has 132 valence electrons. The maximum Gasteiger partial charge on any atom is 0.276 e. The van der Waals surface area contributed by atoms with Crippen LogP contribution < -0.4 is 10.5 Å². The van der Waals surface area contributed by atoms with Gasteiger partial charge in [-0.3, -0.25) is 19.9 Å². The quantitative estimate of drug-likeness (QED) is 0.410. The first-order valence-electron chi connectivity index (χ1n) is 8.19. The van der Waals surface area contributed by atoms with Gasteiger partial charge in [-0.1, -0.05) is 12.1 Å². The smallest absolute Gasteiger partial charge is 0.267 e. The summed E-state index contributed by atoms with van der Waals surface area (Å²) in [5.74, 6) is 0. The number of rotatable bonds is 4. The Morgan fingerprint density at radius 2 is 1.93 bits per heavy atom. The fourth-order valence-corrected chi connectivity index (χ4v) is 2.89. The number of non-ortho nitro benzene ring substituents is 1. The number of benzene rings is 1. The molecule has 1 N–H and O–H groups in total. The normalized spacial score (nSPS) is 10.8. The second kappa shape index (κ2) is 6.75. The van der Waals surface area contributed by atoms with E-state index in [0.717, 1.165) is 5.56 Å². The second-order valence-electron chi connectivity index (χ2n) is 5.93. The van der Waals surface area contributed by atoms with E-state index in [0.29, 0.717) is 22.2 Å². The molecule has 0 saturated heterocycles. The third-order valence-corrected chi connectivity index (χ3v) is 4.17. The largest absolute Gasteiger partial charge is 0.276 e. The van der Waals surface area contributed by atoms with Crippen molar-refractivity contribution in [2.75, 3.05) is 0 Å². The molecule has 27 heavy (non-hydrogen) atoms. The van der Waals surface area contributed by atoms with Gasteiger partial charge >= 0.3 is 0 Å². The number of fused-ring (bicyclic) bond motifs is 1. The summed E-state index contributed by atoms with van der Waals surface area (Å²) in [5, 5.41) is 16.0. The highest BCUT2D eigenvalue weighted by atomic mass is 16.6. The molecule has 0 aliphatic rings. The van der Waals surface area contributed by atoms with Gasteiger partial charge in [0, 0.05) is 36.0 Å². The zero-order chi connectivity index (χ0) is 18.8. The number of aromatic amines is 1. The average Bonchev–Trinajstić information content (AvgIpc) is 2.71. The van der Waals surface area contributed by atoms with E-state index in [2.05, 4.69) is 15.1 Å². The van der Waals surface area contributed by atoms with E-state index in [1.807, 2.05) is 12.1 Å². The molecule has 1 aromatic carbocycles. The van der Waals surface area contributed by atoms with Gasteiger partial charge in [0.25, 0.3) is 11.2 Å². The van der Waals surface area contributed by atoms with Gasteiger partial charge in [0.15, 0.2) is 12.4 Å². The number of hydrogen-bond acceptors (Lipinski definition) is 5. The number of pyridine rings is 2. The number of nitro benzene ring substituents is 1. The molecular formula is C19H14N5O3+. The molecule has 0 spiro atoms. The lowest BCUT2D eigenvalue weighted by atomic mass is 10.1. The fraction of sp³-hybridized carbons (Fsp3) is 0.0526. The molecule has 0 aliphatic carbocycles. The lowest BCUT2D eigenvalue weighted by Gasteiger charge is -2.10. The summed E-state index contributed by atoms with van der Waals surface area (Å²) in [4.78, 5) is 30.7. The van der Waals surface area contributed by atoms with Crippen molar-refractivity contribution < 1.29 is 9.91 Å². The molecular weight excluding hydrogens is 346 g/mol. The average molecular weight is 360 g/mol. The highest BCUT2D eigenvalue weighted by Crippen LogP contribution is 2.26. The Balaban J connectivity index is 1.94. The van der Waals surface area contributed by atoms with Crippen molar-refractivity contribution in [3.05, 3.63) is 93.2 Å².